The van der Waals surface area contributed by atoms with E-state index in [1.54, 1.807) is 24.3 Å². The number of phenols is 2. The predicted molar refractivity (Wildman–Crippen MR) is 91.1 cm³/mol. The number of benzene rings is 2. The van der Waals surface area contributed by atoms with Gasteiger partial charge in [0.05, 0.1) is 7.11 Å². The first kappa shape index (κ1) is 15.6. The fourth-order valence-corrected chi connectivity index (χ4v) is 3.17. The lowest BCUT2D eigenvalue weighted by Crippen LogP contribution is -2.13. The van der Waals surface area contributed by atoms with Crippen molar-refractivity contribution < 1.29 is 19.7 Å². The highest BCUT2D eigenvalue weighted by atomic mass is 79.9. The number of carbonyl (C=O) groups excluding carboxylic acids is 1. The molecule has 0 fully saturated rings. The molecular formula is C18H15BrO4. The van der Waals surface area contributed by atoms with Crippen molar-refractivity contribution in [2.45, 2.75) is 12.8 Å². The first-order valence-corrected chi connectivity index (χ1v) is 7.92. The molecule has 4 nitrogen and oxygen atoms in total. The number of aromatic hydroxyl groups is 2. The lowest BCUT2D eigenvalue weighted by molar-refractivity contribution is 0.102. The van der Waals surface area contributed by atoms with Gasteiger partial charge >= 0.3 is 0 Å². The summed E-state index contributed by atoms with van der Waals surface area (Å²) in [5.41, 5.74) is 2.96. The van der Waals surface area contributed by atoms with Gasteiger partial charge in [-0.3, -0.25) is 4.79 Å². The van der Waals surface area contributed by atoms with E-state index in [1.807, 2.05) is 6.08 Å². The van der Waals surface area contributed by atoms with Gasteiger partial charge in [-0.1, -0.05) is 15.9 Å². The zero-order chi connectivity index (χ0) is 16.6. The van der Waals surface area contributed by atoms with E-state index in [9.17, 15) is 15.0 Å². The van der Waals surface area contributed by atoms with Crippen LogP contribution in [0.4, 0.5) is 0 Å². The van der Waals surface area contributed by atoms with Crippen LogP contribution in [0.5, 0.6) is 17.2 Å². The Hall–Kier alpha value is -2.27. The number of phenolic OH excluding ortho intramolecular Hbond substituents is 2. The number of ketones is 1. The smallest absolute Gasteiger partial charge is 0.189 e. The molecule has 1 aliphatic carbocycles. The number of fused-ring (bicyclic) bond motifs is 1. The molecule has 0 radical (unpaired) electrons. The standard InChI is InChI=1S/C18H15BrO4/c1-23-17-8-12(15(19)9-16(17)21)6-11-3-2-10-7-13(20)4-5-14(10)18(11)22/h4-9,20-21H,2-3H2,1H3/b11-6+. The highest BCUT2D eigenvalue weighted by Gasteiger charge is 2.22. The number of ether oxygens (including phenoxy) is 1. The number of carbonyl (C=O) groups is 1. The highest BCUT2D eigenvalue weighted by molar-refractivity contribution is 9.10. The van der Waals surface area contributed by atoms with Crippen molar-refractivity contribution in [3.05, 3.63) is 57.1 Å². The van der Waals surface area contributed by atoms with E-state index >= 15 is 0 Å². The molecule has 0 amide bonds. The van der Waals surface area contributed by atoms with Crippen LogP contribution in [0.15, 0.2) is 40.4 Å². The SMILES string of the molecule is COc1cc(/C=C2\CCc3cc(O)ccc3C2=O)c(Br)cc1O. The van der Waals surface area contributed by atoms with Gasteiger partial charge < -0.3 is 14.9 Å². The Balaban J connectivity index is 2.01. The maximum absolute atomic E-state index is 12.6. The average molecular weight is 375 g/mol. The quantitative estimate of drug-likeness (QED) is 0.777. The molecule has 0 bridgehead atoms. The fraction of sp³-hybridized carbons (Fsp3) is 0.167. The van der Waals surface area contributed by atoms with E-state index in [0.29, 0.717) is 34.2 Å². The van der Waals surface area contributed by atoms with Crippen LogP contribution in [0.1, 0.15) is 27.9 Å². The molecule has 0 saturated carbocycles. The zero-order valence-corrected chi connectivity index (χ0v) is 14.1. The lowest BCUT2D eigenvalue weighted by Gasteiger charge is -2.18. The van der Waals surface area contributed by atoms with Crippen LogP contribution in [-0.2, 0) is 6.42 Å². The Morgan fingerprint density at radius 1 is 1.17 bits per heavy atom. The Morgan fingerprint density at radius 2 is 1.96 bits per heavy atom. The summed E-state index contributed by atoms with van der Waals surface area (Å²) in [4.78, 5) is 12.6. The number of hydrogen-bond acceptors (Lipinski definition) is 4. The molecule has 23 heavy (non-hydrogen) atoms. The van der Waals surface area contributed by atoms with Gasteiger partial charge in [0.25, 0.3) is 0 Å². The van der Waals surface area contributed by atoms with E-state index in [1.165, 1.54) is 13.2 Å². The Bertz CT molecular complexity index is 824. The third kappa shape index (κ3) is 2.97. The molecule has 2 aromatic rings. The molecule has 0 atom stereocenters. The third-order valence-electron chi connectivity index (χ3n) is 3.92. The minimum atomic E-state index is -0.0369. The number of Topliss-reactive ketones (excluding diaryl/α,β-unsaturated/α-hetero) is 1. The molecule has 2 aromatic carbocycles. The summed E-state index contributed by atoms with van der Waals surface area (Å²) in [6.45, 7) is 0. The van der Waals surface area contributed by atoms with Gasteiger partial charge in [-0.25, -0.2) is 0 Å². The van der Waals surface area contributed by atoms with Gasteiger partial charge in [0.15, 0.2) is 17.3 Å². The lowest BCUT2D eigenvalue weighted by atomic mass is 9.86. The summed E-state index contributed by atoms with van der Waals surface area (Å²) in [5, 5.41) is 19.3. The monoisotopic (exact) mass is 374 g/mol. The minimum absolute atomic E-state index is 0.0369. The second-order valence-electron chi connectivity index (χ2n) is 5.39. The molecule has 0 heterocycles. The molecular weight excluding hydrogens is 360 g/mol. The van der Waals surface area contributed by atoms with Crippen molar-refractivity contribution in [1.29, 1.82) is 0 Å². The van der Waals surface area contributed by atoms with Gasteiger partial charge in [0.2, 0.25) is 0 Å². The average Bonchev–Trinajstić information content (AvgIpc) is 2.52. The van der Waals surface area contributed by atoms with Gasteiger partial charge in [0.1, 0.15) is 5.75 Å². The Labute approximate surface area is 142 Å². The first-order chi connectivity index (χ1) is 11.0. The predicted octanol–water partition coefficient (Wildman–Crippen LogP) is 4.08. The van der Waals surface area contributed by atoms with Crippen LogP contribution in [0.3, 0.4) is 0 Å². The second kappa shape index (κ2) is 6.08. The van der Waals surface area contributed by atoms with Crippen LogP contribution in [-0.4, -0.2) is 23.1 Å². The van der Waals surface area contributed by atoms with Gasteiger partial charge in [0, 0.05) is 15.6 Å². The molecule has 0 spiro atoms. The molecule has 0 saturated heterocycles. The summed E-state index contributed by atoms with van der Waals surface area (Å²) >= 11 is 3.39. The molecule has 0 aliphatic heterocycles. The van der Waals surface area contributed by atoms with E-state index < -0.39 is 0 Å². The number of allylic oxidation sites excluding steroid dienone is 1. The first-order valence-electron chi connectivity index (χ1n) is 7.13. The Kier molecular flexibility index (Phi) is 4.13. The van der Waals surface area contributed by atoms with E-state index in [4.69, 9.17) is 4.74 Å². The van der Waals surface area contributed by atoms with Crippen molar-refractivity contribution in [3.63, 3.8) is 0 Å². The van der Waals surface area contributed by atoms with Crippen molar-refractivity contribution >= 4 is 27.8 Å². The van der Waals surface area contributed by atoms with Crippen molar-refractivity contribution in [1.82, 2.24) is 0 Å². The van der Waals surface area contributed by atoms with E-state index in [-0.39, 0.29) is 17.3 Å². The zero-order valence-electron chi connectivity index (χ0n) is 12.5. The van der Waals surface area contributed by atoms with Crippen molar-refractivity contribution in [2.24, 2.45) is 0 Å². The number of aryl methyl sites for hydroxylation is 1. The summed E-state index contributed by atoms with van der Waals surface area (Å²) in [5.74, 6) is 0.533. The summed E-state index contributed by atoms with van der Waals surface area (Å²) in [7, 11) is 1.48. The summed E-state index contributed by atoms with van der Waals surface area (Å²) in [6.07, 6.45) is 3.11. The normalized spacial score (nSPS) is 15.6. The third-order valence-corrected chi connectivity index (χ3v) is 4.60. The number of rotatable bonds is 2. The summed E-state index contributed by atoms with van der Waals surface area (Å²) in [6, 6.07) is 8.06. The van der Waals surface area contributed by atoms with Crippen LogP contribution in [0.25, 0.3) is 6.08 Å². The number of halogens is 1. The van der Waals surface area contributed by atoms with Gasteiger partial charge in [-0.15, -0.1) is 0 Å². The summed E-state index contributed by atoms with van der Waals surface area (Å²) < 4.78 is 5.80. The second-order valence-corrected chi connectivity index (χ2v) is 6.24. The molecule has 0 aromatic heterocycles. The molecule has 1 aliphatic rings. The van der Waals surface area contributed by atoms with Gasteiger partial charge in [-0.05, 0) is 60.4 Å². The topological polar surface area (TPSA) is 66.8 Å². The number of methoxy groups -OCH3 is 1. The van der Waals surface area contributed by atoms with E-state index in [0.717, 1.165) is 11.1 Å². The molecule has 0 unspecified atom stereocenters. The maximum Gasteiger partial charge on any atom is 0.189 e. The van der Waals surface area contributed by atoms with Crippen LogP contribution < -0.4 is 4.74 Å². The largest absolute Gasteiger partial charge is 0.508 e. The fourth-order valence-electron chi connectivity index (χ4n) is 2.72. The van der Waals surface area contributed by atoms with Gasteiger partial charge in [-0.2, -0.15) is 0 Å². The molecule has 5 heteroatoms. The molecule has 118 valence electrons. The van der Waals surface area contributed by atoms with Crippen LogP contribution in [0.2, 0.25) is 0 Å². The maximum atomic E-state index is 12.6. The Morgan fingerprint density at radius 3 is 2.70 bits per heavy atom. The van der Waals surface area contributed by atoms with E-state index in [2.05, 4.69) is 15.9 Å². The molecule has 2 N–H and O–H groups in total. The molecule has 3 rings (SSSR count). The number of hydrogen-bond donors (Lipinski definition) is 2. The van der Waals surface area contributed by atoms with Crippen molar-refractivity contribution in [2.75, 3.05) is 7.11 Å². The van der Waals surface area contributed by atoms with Crippen LogP contribution in [0, 0.1) is 0 Å². The van der Waals surface area contributed by atoms with Crippen LogP contribution >= 0.6 is 15.9 Å². The highest BCUT2D eigenvalue weighted by Crippen LogP contribution is 2.35. The van der Waals surface area contributed by atoms with Crippen molar-refractivity contribution in [3.8, 4) is 17.2 Å². The minimum Gasteiger partial charge on any atom is -0.508 e.